The van der Waals surface area contributed by atoms with Crippen LogP contribution < -0.4 is 0 Å². The van der Waals surface area contributed by atoms with Gasteiger partial charge in [0.05, 0.1) is 26.2 Å². The number of esters is 1. The van der Waals surface area contributed by atoms with Gasteiger partial charge in [-0.1, -0.05) is 25.2 Å². The highest BCUT2D eigenvalue weighted by Gasteiger charge is 2.56. The van der Waals surface area contributed by atoms with Gasteiger partial charge in [0.25, 0.3) is 0 Å². The van der Waals surface area contributed by atoms with E-state index in [-0.39, 0.29) is 24.3 Å². The Labute approximate surface area is 186 Å². The predicted molar refractivity (Wildman–Crippen MR) is 109 cm³/mol. The molecule has 5 N–H and O–H groups in total. The Morgan fingerprint density at radius 3 is 2.62 bits per heavy atom. The Balaban J connectivity index is 1.98. The molecule has 0 spiro atoms. The van der Waals surface area contributed by atoms with Crippen LogP contribution in [0.2, 0.25) is 0 Å². The van der Waals surface area contributed by atoms with Crippen LogP contribution in [-0.2, 0) is 23.8 Å². The molecule has 1 heterocycles. The molecule has 9 unspecified atom stereocenters. The van der Waals surface area contributed by atoms with Crippen molar-refractivity contribution in [2.45, 2.75) is 68.9 Å². The standard InChI is InChI=1S/C22H32O10/c1-3-22(29)19(27)17(26)15(10-23)31-21(22)32-18-11-6-4-5-7-12(18)13(9-16(24)25)14(8-11)20(28)30-2/h5,7-8,11-13,15,17-19,21,23,26-27,29H,3-4,6,9-10H2,1-2H3,(H,24,25). The first-order valence-electron chi connectivity index (χ1n) is 10.9. The molecular formula is C22H32O10. The molecule has 0 aromatic heterocycles. The fourth-order valence-corrected chi connectivity index (χ4v) is 4.98. The van der Waals surface area contributed by atoms with Gasteiger partial charge in [-0.25, -0.2) is 4.79 Å². The smallest absolute Gasteiger partial charge is 0.333 e. The van der Waals surface area contributed by atoms with Crippen molar-refractivity contribution >= 4 is 11.9 Å². The third-order valence-electron chi connectivity index (χ3n) is 6.85. The molecule has 2 bridgehead atoms. The third-order valence-corrected chi connectivity index (χ3v) is 6.85. The van der Waals surface area contributed by atoms with Crippen LogP contribution in [0.3, 0.4) is 0 Å². The first-order valence-corrected chi connectivity index (χ1v) is 10.9. The number of hydrogen-bond donors (Lipinski definition) is 5. The number of carbonyl (C=O) groups is 2. The summed E-state index contributed by atoms with van der Waals surface area (Å²) in [6, 6.07) is 0. The summed E-state index contributed by atoms with van der Waals surface area (Å²) in [5.74, 6) is -3.25. The summed E-state index contributed by atoms with van der Waals surface area (Å²) in [4.78, 5) is 24.0. The minimum absolute atomic E-state index is 0.00621. The largest absolute Gasteiger partial charge is 0.481 e. The number of rotatable bonds is 7. The summed E-state index contributed by atoms with van der Waals surface area (Å²) in [6.45, 7) is 1.01. The zero-order valence-electron chi connectivity index (χ0n) is 18.2. The van der Waals surface area contributed by atoms with Crippen molar-refractivity contribution < 1.29 is 49.3 Å². The number of carboxylic acids is 1. The molecule has 1 fully saturated rings. The van der Waals surface area contributed by atoms with Crippen molar-refractivity contribution in [3.63, 3.8) is 0 Å². The van der Waals surface area contributed by atoms with Crippen LogP contribution in [0, 0.1) is 17.8 Å². The minimum atomic E-state index is -1.95. The van der Waals surface area contributed by atoms with E-state index in [9.17, 15) is 35.1 Å². The molecule has 10 heteroatoms. The van der Waals surface area contributed by atoms with Crippen molar-refractivity contribution in [1.82, 2.24) is 0 Å². The zero-order valence-corrected chi connectivity index (χ0v) is 18.2. The van der Waals surface area contributed by atoms with Crippen LogP contribution in [0.4, 0.5) is 0 Å². The van der Waals surface area contributed by atoms with Gasteiger partial charge in [-0.15, -0.1) is 0 Å². The van der Waals surface area contributed by atoms with Gasteiger partial charge in [0, 0.05) is 23.3 Å². The van der Waals surface area contributed by atoms with Gasteiger partial charge in [-0.2, -0.15) is 0 Å². The second-order valence-electron chi connectivity index (χ2n) is 8.63. The molecule has 10 nitrogen and oxygen atoms in total. The second-order valence-corrected chi connectivity index (χ2v) is 8.63. The van der Waals surface area contributed by atoms with E-state index in [0.29, 0.717) is 12.8 Å². The molecule has 9 atom stereocenters. The van der Waals surface area contributed by atoms with Crippen LogP contribution in [0.25, 0.3) is 0 Å². The fourth-order valence-electron chi connectivity index (χ4n) is 4.98. The van der Waals surface area contributed by atoms with Crippen molar-refractivity contribution in [2.75, 3.05) is 13.7 Å². The number of aliphatic hydroxyl groups excluding tert-OH is 3. The Morgan fingerprint density at radius 1 is 1.31 bits per heavy atom. The maximum absolute atomic E-state index is 12.4. The lowest BCUT2D eigenvalue weighted by atomic mass is 9.70. The van der Waals surface area contributed by atoms with Gasteiger partial charge >= 0.3 is 11.9 Å². The summed E-state index contributed by atoms with van der Waals surface area (Å²) in [5, 5.41) is 50.9. The number of aliphatic carboxylic acids is 1. The Kier molecular flexibility index (Phi) is 7.74. The molecule has 180 valence electrons. The highest BCUT2D eigenvalue weighted by Crippen LogP contribution is 2.45. The van der Waals surface area contributed by atoms with Crippen molar-refractivity contribution in [1.29, 1.82) is 0 Å². The molecule has 32 heavy (non-hydrogen) atoms. The van der Waals surface area contributed by atoms with Crippen LogP contribution in [0.5, 0.6) is 0 Å². The minimum Gasteiger partial charge on any atom is -0.481 e. The van der Waals surface area contributed by atoms with Gasteiger partial charge in [-0.05, 0) is 19.3 Å². The first-order chi connectivity index (χ1) is 15.2. The maximum atomic E-state index is 12.4. The van der Waals surface area contributed by atoms with Crippen LogP contribution in [-0.4, -0.2) is 87.5 Å². The molecule has 1 aliphatic heterocycles. The SMILES string of the molecule is CCC1(O)C(OC2C3C=C(C(=O)OC)C(CC(=O)O)C2C=CCC3)OC(CO)C(O)C1O. The summed E-state index contributed by atoms with van der Waals surface area (Å²) < 4.78 is 16.8. The first kappa shape index (κ1) is 24.8. The van der Waals surface area contributed by atoms with E-state index in [1.807, 2.05) is 12.2 Å². The number of methoxy groups -OCH3 is 1. The summed E-state index contributed by atoms with van der Waals surface area (Å²) in [6.07, 6.45) is -0.0111. The van der Waals surface area contributed by atoms with Crippen LogP contribution >= 0.6 is 0 Å². The quantitative estimate of drug-likeness (QED) is 0.255. The molecule has 3 rings (SSSR count). The number of allylic oxidation sites excluding steroid dienone is 1. The average Bonchev–Trinajstić information content (AvgIpc) is 2.91. The van der Waals surface area contributed by atoms with Crippen molar-refractivity contribution in [2.24, 2.45) is 17.8 Å². The number of carboxylic acid groups (broad SMARTS) is 1. The summed E-state index contributed by atoms with van der Waals surface area (Å²) in [7, 11) is 1.24. The molecule has 0 radical (unpaired) electrons. The highest BCUT2D eigenvalue weighted by molar-refractivity contribution is 5.90. The topological polar surface area (TPSA) is 163 Å². The second kappa shape index (κ2) is 9.98. The molecule has 0 aromatic carbocycles. The molecule has 2 aliphatic carbocycles. The maximum Gasteiger partial charge on any atom is 0.333 e. The summed E-state index contributed by atoms with van der Waals surface area (Å²) >= 11 is 0. The molecule has 1 saturated heterocycles. The highest BCUT2D eigenvalue weighted by atomic mass is 16.7. The van der Waals surface area contributed by atoms with Gasteiger partial charge in [0.2, 0.25) is 0 Å². The third kappa shape index (κ3) is 4.48. The fraction of sp³-hybridized carbons (Fsp3) is 0.727. The predicted octanol–water partition coefficient (Wildman–Crippen LogP) is -0.262. The van der Waals surface area contributed by atoms with Crippen LogP contribution in [0.1, 0.15) is 32.6 Å². The number of hydrogen-bond acceptors (Lipinski definition) is 9. The molecular weight excluding hydrogens is 424 g/mol. The monoisotopic (exact) mass is 456 g/mol. The number of fused-ring (bicyclic) bond motifs is 2. The lowest BCUT2D eigenvalue weighted by molar-refractivity contribution is -0.355. The van der Waals surface area contributed by atoms with E-state index in [2.05, 4.69) is 0 Å². The van der Waals surface area contributed by atoms with E-state index < -0.39 is 66.7 Å². The number of aliphatic hydroxyl groups is 4. The van der Waals surface area contributed by atoms with Crippen LogP contribution in [0.15, 0.2) is 23.8 Å². The van der Waals surface area contributed by atoms with Gasteiger partial charge in [-0.3, -0.25) is 4.79 Å². The van der Waals surface area contributed by atoms with E-state index in [1.54, 1.807) is 13.0 Å². The summed E-state index contributed by atoms with van der Waals surface area (Å²) in [5.41, 5.74) is -1.68. The van der Waals surface area contributed by atoms with Crippen molar-refractivity contribution in [3.8, 4) is 0 Å². The van der Waals surface area contributed by atoms with Gasteiger partial charge in [0.1, 0.15) is 23.9 Å². The normalized spacial score (nSPS) is 41.5. The van der Waals surface area contributed by atoms with E-state index in [4.69, 9.17) is 14.2 Å². The molecule has 0 aromatic rings. The van der Waals surface area contributed by atoms with E-state index in [0.717, 1.165) is 0 Å². The lowest BCUT2D eigenvalue weighted by Crippen LogP contribution is -2.67. The molecule has 3 aliphatic rings. The van der Waals surface area contributed by atoms with Gasteiger partial charge in [0.15, 0.2) is 6.29 Å². The van der Waals surface area contributed by atoms with Gasteiger partial charge < -0.3 is 39.7 Å². The Morgan fingerprint density at radius 2 is 2.03 bits per heavy atom. The average molecular weight is 456 g/mol. The zero-order chi connectivity index (χ0) is 23.6. The number of carbonyl (C=O) groups excluding carboxylic acids is 1. The van der Waals surface area contributed by atoms with Crippen molar-refractivity contribution in [3.05, 3.63) is 23.8 Å². The van der Waals surface area contributed by atoms with E-state index >= 15 is 0 Å². The molecule has 0 saturated carbocycles. The number of ether oxygens (including phenoxy) is 3. The lowest BCUT2D eigenvalue weighted by Gasteiger charge is -2.50. The Hall–Kier alpha value is -1.82. The Bertz CT molecular complexity index is 764. The molecule has 0 amide bonds. The van der Waals surface area contributed by atoms with E-state index in [1.165, 1.54) is 7.11 Å².